The highest BCUT2D eigenvalue weighted by atomic mass is 16.5. The van der Waals surface area contributed by atoms with Gasteiger partial charge in [-0.2, -0.15) is 0 Å². The van der Waals surface area contributed by atoms with Crippen LogP contribution < -0.4 is 9.64 Å². The lowest BCUT2D eigenvalue weighted by atomic mass is 10.1. The molecule has 2 aromatic rings. The van der Waals surface area contributed by atoms with Crippen molar-refractivity contribution in [1.82, 2.24) is 0 Å². The summed E-state index contributed by atoms with van der Waals surface area (Å²) in [5.74, 6) is -0.237. The summed E-state index contributed by atoms with van der Waals surface area (Å²) in [7, 11) is 0. The third-order valence-corrected chi connectivity index (χ3v) is 4.63. The Bertz CT molecular complexity index is 797. The van der Waals surface area contributed by atoms with E-state index in [4.69, 9.17) is 4.74 Å². The molecule has 2 aromatic carbocycles. The zero-order valence-corrected chi connectivity index (χ0v) is 14.2. The Kier molecular flexibility index (Phi) is 4.38. The molecule has 0 aliphatic carbocycles. The minimum atomic E-state index is -0.433. The smallest absolute Gasteiger partial charge is 0.316 e. The molecule has 1 heterocycles. The summed E-state index contributed by atoms with van der Waals surface area (Å²) in [5, 5.41) is 0. The quantitative estimate of drug-likeness (QED) is 0.641. The zero-order valence-electron chi connectivity index (χ0n) is 14.2. The predicted octanol–water partition coefficient (Wildman–Crippen LogP) is 3.57. The van der Waals surface area contributed by atoms with Crippen LogP contribution in [0.2, 0.25) is 0 Å². The maximum absolute atomic E-state index is 12.5. The first-order valence-electron chi connectivity index (χ1n) is 8.11. The Hall–Kier alpha value is -2.62. The molecule has 0 radical (unpaired) electrons. The van der Waals surface area contributed by atoms with Gasteiger partial charge in [-0.1, -0.05) is 30.3 Å². The topological polar surface area (TPSA) is 46.6 Å². The standard InChI is InChI=1S/C20H21NO3/c1-13-8-6-10-18(15(13)3)24-20(23)16-11-19(22)21(12-16)17-9-5-4-7-14(17)2/h4-10,16H,11-12H2,1-3H3/t16-/m1/s1. The van der Waals surface area contributed by atoms with E-state index in [1.165, 1.54) is 0 Å². The highest BCUT2D eigenvalue weighted by Crippen LogP contribution is 2.29. The van der Waals surface area contributed by atoms with Gasteiger partial charge in [0.2, 0.25) is 5.91 Å². The van der Waals surface area contributed by atoms with Crippen molar-refractivity contribution in [3.05, 3.63) is 59.2 Å². The SMILES string of the molecule is Cc1ccccc1N1C[C@H](C(=O)Oc2cccc(C)c2C)CC1=O. The summed E-state index contributed by atoms with van der Waals surface area (Å²) in [6.45, 7) is 6.24. The monoisotopic (exact) mass is 323 g/mol. The maximum atomic E-state index is 12.5. The van der Waals surface area contributed by atoms with Gasteiger partial charge in [-0.25, -0.2) is 0 Å². The van der Waals surface area contributed by atoms with Crippen molar-refractivity contribution < 1.29 is 14.3 Å². The minimum absolute atomic E-state index is 0.0350. The van der Waals surface area contributed by atoms with E-state index in [9.17, 15) is 9.59 Å². The van der Waals surface area contributed by atoms with Crippen LogP contribution >= 0.6 is 0 Å². The van der Waals surface area contributed by atoms with Gasteiger partial charge in [0.1, 0.15) is 5.75 Å². The van der Waals surface area contributed by atoms with Crippen LogP contribution in [-0.4, -0.2) is 18.4 Å². The summed E-state index contributed by atoms with van der Waals surface area (Å²) < 4.78 is 5.55. The number of nitrogens with zero attached hydrogens (tertiary/aromatic N) is 1. The number of rotatable bonds is 3. The van der Waals surface area contributed by atoms with Crippen LogP contribution in [-0.2, 0) is 9.59 Å². The van der Waals surface area contributed by atoms with E-state index in [-0.39, 0.29) is 18.3 Å². The summed E-state index contributed by atoms with van der Waals surface area (Å²) >= 11 is 0. The van der Waals surface area contributed by atoms with Gasteiger partial charge in [0.05, 0.1) is 5.92 Å². The number of carbonyl (C=O) groups is 2. The second kappa shape index (κ2) is 6.48. The van der Waals surface area contributed by atoms with Crippen molar-refractivity contribution in [3.8, 4) is 5.75 Å². The second-order valence-electron chi connectivity index (χ2n) is 6.31. The van der Waals surface area contributed by atoms with Crippen LogP contribution in [0.5, 0.6) is 5.75 Å². The third-order valence-electron chi connectivity index (χ3n) is 4.63. The molecule has 0 N–H and O–H groups in total. The van der Waals surface area contributed by atoms with E-state index in [0.29, 0.717) is 12.3 Å². The van der Waals surface area contributed by atoms with Gasteiger partial charge < -0.3 is 9.64 Å². The Labute approximate surface area is 142 Å². The number of aryl methyl sites for hydroxylation is 2. The normalized spacial score (nSPS) is 17.2. The first kappa shape index (κ1) is 16.2. The number of carbonyl (C=O) groups excluding carboxylic acids is 2. The van der Waals surface area contributed by atoms with Crippen LogP contribution in [0, 0.1) is 26.7 Å². The minimum Gasteiger partial charge on any atom is -0.426 e. The van der Waals surface area contributed by atoms with Crippen molar-refractivity contribution >= 4 is 17.6 Å². The Morgan fingerprint density at radius 3 is 2.50 bits per heavy atom. The summed E-state index contributed by atoms with van der Waals surface area (Å²) in [6, 6.07) is 13.3. The summed E-state index contributed by atoms with van der Waals surface area (Å²) in [5.41, 5.74) is 3.91. The van der Waals surface area contributed by atoms with Gasteiger partial charge in [0.25, 0.3) is 0 Å². The van der Waals surface area contributed by atoms with Crippen molar-refractivity contribution in [2.75, 3.05) is 11.4 Å². The Balaban J connectivity index is 1.75. The third kappa shape index (κ3) is 3.04. The molecule has 0 saturated carbocycles. The molecule has 4 heteroatoms. The first-order valence-corrected chi connectivity index (χ1v) is 8.11. The Morgan fingerprint density at radius 2 is 1.75 bits per heavy atom. The van der Waals surface area contributed by atoms with E-state index >= 15 is 0 Å². The molecule has 1 amide bonds. The fraction of sp³-hybridized carbons (Fsp3) is 0.300. The van der Waals surface area contributed by atoms with E-state index in [0.717, 1.165) is 22.4 Å². The lowest BCUT2D eigenvalue weighted by Gasteiger charge is -2.19. The number of amides is 1. The number of ether oxygens (including phenoxy) is 1. The van der Waals surface area contributed by atoms with Gasteiger partial charge in [-0.3, -0.25) is 9.59 Å². The van der Waals surface area contributed by atoms with E-state index < -0.39 is 5.92 Å². The average molecular weight is 323 g/mol. The predicted molar refractivity (Wildman–Crippen MR) is 93.2 cm³/mol. The number of hydrogen-bond acceptors (Lipinski definition) is 3. The molecule has 3 rings (SSSR count). The molecule has 0 bridgehead atoms. The van der Waals surface area contributed by atoms with Crippen LogP contribution in [0.15, 0.2) is 42.5 Å². The van der Waals surface area contributed by atoms with Crippen molar-refractivity contribution in [3.63, 3.8) is 0 Å². The number of anilines is 1. The molecule has 4 nitrogen and oxygen atoms in total. The van der Waals surface area contributed by atoms with E-state index in [1.54, 1.807) is 11.0 Å². The zero-order chi connectivity index (χ0) is 17.3. The summed E-state index contributed by atoms with van der Waals surface area (Å²) in [4.78, 5) is 26.5. The number of benzene rings is 2. The van der Waals surface area contributed by atoms with Crippen molar-refractivity contribution in [2.24, 2.45) is 5.92 Å². The van der Waals surface area contributed by atoms with E-state index in [1.807, 2.05) is 57.2 Å². The molecule has 1 fully saturated rings. The number of para-hydroxylation sites is 1. The van der Waals surface area contributed by atoms with Crippen molar-refractivity contribution in [2.45, 2.75) is 27.2 Å². The van der Waals surface area contributed by atoms with E-state index in [2.05, 4.69) is 0 Å². The van der Waals surface area contributed by atoms with Gasteiger partial charge in [0.15, 0.2) is 0 Å². The molecule has 124 valence electrons. The highest BCUT2D eigenvalue weighted by molar-refractivity contribution is 6.00. The maximum Gasteiger partial charge on any atom is 0.316 e. The fourth-order valence-electron chi connectivity index (χ4n) is 2.99. The molecule has 1 saturated heterocycles. The van der Waals surface area contributed by atoms with Crippen LogP contribution in [0.3, 0.4) is 0 Å². The van der Waals surface area contributed by atoms with Gasteiger partial charge in [0, 0.05) is 18.7 Å². The fourth-order valence-corrected chi connectivity index (χ4v) is 2.99. The van der Waals surface area contributed by atoms with Crippen LogP contribution in [0.4, 0.5) is 5.69 Å². The Morgan fingerprint density at radius 1 is 1.04 bits per heavy atom. The van der Waals surface area contributed by atoms with Gasteiger partial charge in [-0.05, 0) is 49.6 Å². The molecule has 0 spiro atoms. The van der Waals surface area contributed by atoms with Gasteiger partial charge >= 0.3 is 5.97 Å². The molecule has 24 heavy (non-hydrogen) atoms. The second-order valence-corrected chi connectivity index (χ2v) is 6.31. The molecule has 1 aliphatic heterocycles. The first-order chi connectivity index (χ1) is 11.5. The molecular formula is C20H21NO3. The largest absolute Gasteiger partial charge is 0.426 e. The number of esters is 1. The lowest BCUT2D eigenvalue weighted by Crippen LogP contribution is -2.27. The highest BCUT2D eigenvalue weighted by Gasteiger charge is 2.37. The molecule has 0 unspecified atom stereocenters. The average Bonchev–Trinajstić information content (AvgIpc) is 2.94. The molecule has 1 aliphatic rings. The molecule has 1 atom stereocenters. The lowest BCUT2D eigenvalue weighted by molar-refractivity contribution is -0.139. The van der Waals surface area contributed by atoms with Crippen LogP contribution in [0.1, 0.15) is 23.1 Å². The summed E-state index contributed by atoms with van der Waals surface area (Å²) in [6.07, 6.45) is 0.192. The van der Waals surface area contributed by atoms with Crippen LogP contribution in [0.25, 0.3) is 0 Å². The molecule has 0 aromatic heterocycles. The van der Waals surface area contributed by atoms with Gasteiger partial charge in [-0.15, -0.1) is 0 Å². The number of hydrogen-bond donors (Lipinski definition) is 0. The van der Waals surface area contributed by atoms with Crippen molar-refractivity contribution in [1.29, 1.82) is 0 Å². The molecular weight excluding hydrogens is 302 g/mol.